The zero-order chi connectivity index (χ0) is 32.1. The number of halogens is 1. The van der Waals surface area contributed by atoms with Crippen LogP contribution in [0.1, 0.15) is 42.7 Å². The summed E-state index contributed by atoms with van der Waals surface area (Å²) in [5.74, 6) is 0.198. The monoisotopic (exact) mass is 609 g/mol. The molecule has 1 aromatic heterocycles. The minimum atomic E-state index is -0.772. The molecule has 8 heteroatoms. The Hall–Kier alpha value is -4.82. The van der Waals surface area contributed by atoms with Crippen molar-refractivity contribution in [3.63, 3.8) is 0 Å². The Morgan fingerprint density at radius 2 is 1.87 bits per heavy atom. The highest BCUT2D eigenvalue weighted by atomic mass is 19.1. The second-order valence-corrected chi connectivity index (χ2v) is 11.4. The highest BCUT2D eigenvalue weighted by Crippen LogP contribution is 2.45. The number of rotatable bonds is 10. The zero-order valence-electron chi connectivity index (χ0n) is 26.4. The Morgan fingerprint density at radius 1 is 1.11 bits per heavy atom. The van der Waals surface area contributed by atoms with E-state index >= 15 is 0 Å². The van der Waals surface area contributed by atoms with Gasteiger partial charge in [0.2, 0.25) is 11.7 Å². The summed E-state index contributed by atoms with van der Waals surface area (Å²) >= 11 is 0. The van der Waals surface area contributed by atoms with Gasteiger partial charge in [0.1, 0.15) is 11.9 Å². The minimum absolute atomic E-state index is 0.0921. The fourth-order valence-corrected chi connectivity index (χ4v) is 5.91. The molecule has 0 radical (unpaired) electrons. The van der Waals surface area contributed by atoms with Gasteiger partial charge in [-0.3, -0.25) is 10.1 Å². The summed E-state index contributed by atoms with van der Waals surface area (Å²) in [5, 5.41) is 17.1. The number of methoxy groups -OCH3 is 2. The number of nitrogens with zero attached hydrogens (tertiary/aromatic N) is 1. The number of carbonyl (C=O) groups excluding carboxylic acids is 1. The summed E-state index contributed by atoms with van der Waals surface area (Å²) in [5.41, 5.74) is 6.60. The molecule has 1 heterocycles. The predicted octanol–water partition coefficient (Wildman–Crippen LogP) is 6.57. The van der Waals surface area contributed by atoms with E-state index in [-0.39, 0.29) is 29.0 Å². The maximum absolute atomic E-state index is 14.9. The third-order valence-corrected chi connectivity index (χ3v) is 8.30. The Morgan fingerprint density at radius 3 is 2.56 bits per heavy atom. The molecule has 3 aromatic rings. The third kappa shape index (κ3) is 6.97. The number of amides is 1. The standard InChI is InChI=1S/C37H40FN3O4/c1-23-10-7-6-8-11-25(16-23)21-39-35(37(43)40-22-28-12-9-15-41(28)3)34-24(2)30(29-14-13-27(38)20-31(29)34)17-26-18-32(44-4)36(42)33(19-26)45-5/h6-9,11-20,23,35,39,42H,10,21-22H2,1-5H3,(H,40,43)/b7-6+,11-8?,25-16?,30-17-. The van der Waals surface area contributed by atoms with E-state index in [2.05, 4.69) is 35.8 Å². The molecule has 2 atom stereocenters. The third-order valence-electron chi connectivity index (χ3n) is 8.30. The zero-order valence-corrected chi connectivity index (χ0v) is 26.4. The van der Waals surface area contributed by atoms with Gasteiger partial charge in [-0.15, -0.1) is 0 Å². The number of benzene rings is 2. The molecule has 234 valence electrons. The molecule has 45 heavy (non-hydrogen) atoms. The van der Waals surface area contributed by atoms with Gasteiger partial charge in [-0.2, -0.15) is 0 Å². The van der Waals surface area contributed by atoms with Gasteiger partial charge in [0, 0.05) is 25.5 Å². The molecule has 0 bridgehead atoms. The lowest BCUT2D eigenvalue weighted by molar-refractivity contribution is -0.121. The van der Waals surface area contributed by atoms with Gasteiger partial charge in [0.15, 0.2) is 11.5 Å². The molecule has 2 aromatic carbocycles. The summed E-state index contributed by atoms with van der Waals surface area (Å²) in [6, 6.07) is 11.2. The number of aryl methyl sites for hydroxylation is 1. The lowest BCUT2D eigenvalue weighted by atomic mass is 9.96. The average Bonchev–Trinajstić information content (AvgIpc) is 3.54. The first-order valence-corrected chi connectivity index (χ1v) is 15.0. The largest absolute Gasteiger partial charge is 0.502 e. The molecule has 2 unspecified atom stereocenters. The van der Waals surface area contributed by atoms with Gasteiger partial charge in [-0.25, -0.2) is 4.39 Å². The Balaban J connectivity index is 1.59. The van der Waals surface area contributed by atoms with Crippen molar-refractivity contribution in [2.24, 2.45) is 13.0 Å². The van der Waals surface area contributed by atoms with Crippen molar-refractivity contribution >= 4 is 23.1 Å². The van der Waals surface area contributed by atoms with Crippen LogP contribution >= 0.6 is 0 Å². The van der Waals surface area contributed by atoms with Crippen LogP contribution in [0.3, 0.4) is 0 Å². The van der Waals surface area contributed by atoms with Crippen molar-refractivity contribution in [1.29, 1.82) is 0 Å². The van der Waals surface area contributed by atoms with E-state index in [1.807, 2.05) is 55.1 Å². The molecule has 0 fully saturated rings. The maximum Gasteiger partial charge on any atom is 0.242 e. The first-order chi connectivity index (χ1) is 21.7. The van der Waals surface area contributed by atoms with Gasteiger partial charge in [0.05, 0.1) is 20.8 Å². The summed E-state index contributed by atoms with van der Waals surface area (Å²) < 4.78 is 27.6. The molecule has 1 amide bonds. The van der Waals surface area contributed by atoms with Crippen LogP contribution < -0.4 is 20.1 Å². The van der Waals surface area contributed by atoms with E-state index in [0.717, 1.165) is 40.0 Å². The Bertz CT molecular complexity index is 1720. The number of hydrogen-bond donors (Lipinski definition) is 3. The predicted molar refractivity (Wildman–Crippen MR) is 177 cm³/mol. The highest BCUT2D eigenvalue weighted by molar-refractivity contribution is 6.11. The minimum Gasteiger partial charge on any atom is -0.502 e. The fourth-order valence-electron chi connectivity index (χ4n) is 5.91. The summed E-state index contributed by atoms with van der Waals surface area (Å²) in [6.07, 6.45) is 15.3. The van der Waals surface area contributed by atoms with Crippen LogP contribution in [0.2, 0.25) is 0 Å². The number of aromatic hydroxyl groups is 1. The van der Waals surface area contributed by atoms with E-state index in [1.165, 1.54) is 26.4 Å². The van der Waals surface area contributed by atoms with E-state index in [1.54, 1.807) is 18.2 Å². The number of fused-ring (bicyclic) bond motifs is 1. The lowest BCUT2D eigenvalue weighted by Crippen LogP contribution is -2.45. The van der Waals surface area contributed by atoms with Crippen molar-refractivity contribution in [3.8, 4) is 17.2 Å². The summed E-state index contributed by atoms with van der Waals surface area (Å²) in [7, 11) is 4.89. The van der Waals surface area contributed by atoms with E-state index in [4.69, 9.17) is 9.47 Å². The van der Waals surface area contributed by atoms with Crippen LogP contribution in [0.5, 0.6) is 17.2 Å². The number of ether oxygens (including phenoxy) is 2. The molecule has 0 aliphatic heterocycles. The summed E-state index contributed by atoms with van der Waals surface area (Å²) in [6.45, 7) is 4.92. The second-order valence-electron chi connectivity index (χ2n) is 11.4. The van der Waals surface area contributed by atoms with Gasteiger partial charge < -0.3 is 24.5 Å². The smallest absolute Gasteiger partial charge is 0.242 e. The number of aromatic nitrogens is 1. The number of phenols is 1. The Kier molecular flexibility index (Phi) is 9.74. The quantitative estimate of drug-likeness (QED) is 0.242. The summed E-state index contributed by atoms with van der Waals surface area (Å²) in [4.78, 5) is 14.1. The molecule has 5 rings (SSSR count). The van der Waals surface area contributed by atoms with Crippen molar-refractivity contribution in [2.75, 3.05) is 20.8 Å². The molecule has 0 saturated carbocycles. The molecule has 0 saturated heterocycles. The van der Waals surface area contributed by atoms with Gasteiger partial charge in [-0.05, 0) is 101 Å². The number of phenolic OH excluding ortho intramolecular Hbond substituents is 1. The lowest BCUT2D eigenvalue weighted by Gasteiger charge is -2.23. The van der Waals surface area contributed by atoms with Crippen molar-refractivity contribution in [1.82, 2.24) is 15.2 Å². The van der Waals surface area contributed by atoms with E-state index in [0.29, 0.717) is 30.1 Å². The number of nitrogens with one attached hydrogen (secondary N) is 2. The molecule has 7 nitrogen and oxygen atoms in total. The van der Waals surface area contributed by atoms with E-state index < -0.39 is 6.04 Å². The fraction of sp³-hybridized carbons (Fsp3) is 0.270. The normalized spacial score (nSPS) is 18.2. The van der Waals surface area contributed by atoms with Crippen molar-refractivity contribution in [2.45, 2.75) is 32.9 Å². The molecular formula is C37H40FN3O4. The van der Waals surface area contributed by atoms with Crippen LogP contribution in [0, 0.1) is 11.7 Å². The number of hydrogen-bond acceptors (Lipinski definition) is 5. The van der Waals surface area contributed by atoms with Gasteiger partial charge in [0.25, 0.3) is 0 Å². The topological polar surface area (TPSA) is 84.8 Å². The Labute approximate surface area is 264 Å². The highest BCUT2D eigenvalue weighted by Gasteiger charge is 2.33. The van der Waals surface area contributed by atoms with Crippen LogP contribution in [0.15, 0.2) is 90.2 Å². The molecule has 3 N–H and O–H groups in total. The number of carbonyl (C=O) groups is 1. The first kappa shape index (κ1) is 31.6. The molecular weight excluding hydrogens is 569 g/mol. The van der Waals surface area contributed by atoms with Gasteiger partial charge >= 0.3 is 0 Å². The van der Waals surface area contributed by atoms with Gasteiger partial charge in [-0.1, -0.05) is 43.4 Å². The van der Waals surface area contributed by atoms with Crippen LogP contribution in [0.4, 0.5) is 4.39 Å². The van der Waals surface area contributed by atoms with Crippen LogP contribution in [-0.2, 0) is 18.4 Å². The van der Waals surface area contributed by atoms with Crippen molar-refractivity contribution in [3.05, 3.63) is 118 Å². The van der Waals surface area contributed by atoms with Crippen LogP contribution in [0.25, 0.3) is 17.2 Å². The molecule has 2 aliphatic rings. The SMILES string of the molecule is COc1cc(/C=C2/C(C)=C(C(NCC3=CC(C)C/C=C/C=C3)C(=O)NCc3cccn3C)c3cc(F)ccc32)cc(OC)c1O. The average molecular weight is 610 g/mol. The number of allylic oxidation sites excluding steroid dienone is 6. The first-order valence-electron chi connectivity index (χ1n) is 15.0. The van der Waals surface area contributed by atoms with Crippen LogP contribution in [-0.4, -0.2) is 42.4 Å². The second kappa shape index (κ2) is 13.9. The van der Waals surface area contributed by atoms with Crippen molar-refractivity contribution < 1.29 is 23.8 Å². The molecule has 2 aliphatic carbocycles. The maximum atomic E-state index is 14.9. The van der Waals surface area contributed by atoms with E-state index in [9.17, 15) is 14.3 Å². The molecule has 0 spiro atoms.